The van der Waals surface area contributed by atoms with Gasteiger partial charge in [-0.05, 0) is 23.3 Å². The van der Waals surface area contributed by atoms with Crippen molar-refractivity contribution in [3.8, 4) is 5.75 Å². The lowest BCUT2D eigenvalue weighted by Crippen LogP contribution is -2.10. The first-order valence-electron chi connectivity index (χ1n) is 8.00. The van der Waals surface area contributed by atoms with E-state index >= 15 is 0 Å². The molecular formula is C21H19NO3. The van der Waals surface area contributed by atoms with E-state index in [0.717, 1.165) is 11.1 Å². The molecule has 0 amide bonds. The summed E-state index contributed by atoms with van der Waals surface area (Å²) in [5, 5.41) is 0. The number of benzene rings is 3. The van der Waals surface area contributed by atoms with Crippen molar-refractivity contribution in [3.63, 3.8) is 0 Å². The van der Waals surface area contributed by atoms with Crippen LogP contribution in [0.4, 0.5) is 5.69 Å². The Bertz CT molecular complexity index is 832. The van der Waals surface area contributed by atoms with Crippen LogP contribution in [0.5, 0.6) is 5.75 Å². The van der Waals surface area contributed by atoms with Crippen LogP contribution in [0.1, 0.15) is 21.5 Å². The summed E-state index contributed by atoms with van der Waals surface area (Å²) < 4.78 is 11.2. The molecule has 3 rings (SSSR count). The van der Waals surface area contributed by atoms with E-state index in [1.807, 2.05) is 60.7 Å². The molecule has 4 heteroatoms. The summed E-state index contributed by atoms with van der Waals surface area (Å²) in [6.45, 7) is 0.528. The lowest BCUT2D eigenvalue weighted by molar-refractivity contribution is 0.0467. The second-order valence-corrected chi connectivity index (χ2v) is 5.56. The highest BCUT2D eigenvalue weighted by molar-refractivity contribution is 5.94. The maximum Gasteiger partial charge on any atom is 0.342 e. The van der Waals surface area contributed by atoms with Gasteiger partial charge in [-0.3, -0.25) is 0 Å². The fraction of sp³-hybridized carbons (Fsp3) is 0.0952. The number of carbonyl (C=O) groups excluding carboxylic acids is 1. The van der Waals surface area contributed by atoms with E-state index in [0.29, 0.717) is 23.6 Å². The van der Waals surface area contributed by atoms with E-state index in [-0.39, 0.29) is 6.61 Å². The molecule has 0 spiro atoms. The number of para-hydroxylation sites is 1. The molecule has 0 aliphatic rings. The van der Waals surface area contributed by atoms with Crippen molar-refractivity contribution in [2.45, 2.75) is 13.2 Å². The van der Waals surface area contributed by atoms with Crippen molar-refractivity contribution in [1.82, 2.24) is 0 Å². The van der Waals surface area contributed by atoms with Gasteiger partial charge in [0.05, 0.1) is 5.69 Å². The van der Waals surface area contributed by atoms with E-state index in [2.05, 4.69) is 0 Å². The Morgan fingerprint density at radius 2 is 1.36 bits per heavy atom. The molecule has 0 bridgehead atoms. The van der Waals surface area contributed by atoms with Gasteiger partial charge in [0.25, 0.3) is 0 Å². The molecule has 3 aromatic rings. The Morgan fingerprint density at radius 1 is 0.760 bits per heavy atom. The van der Waals surface area contributed by atoms with Crippen LogP contribution in [0.3, 0.4) is 0 Å². The lowest BCUT2D eigenvalue weighted by Gasteiger charge is -2.13. The molecule has 2 N–H and O–H groups in total. The monoisotopic (exact) mass is 333 g/mol. The number of hydrogen-bond donors (Lipinski definition) is 1. The van der Waals surface area contributed by atoms with Crippen molar-refractivity contribution >= 4 is 11.7 Å². The largest absolute Gasteiger partial charge is 0.486 e. The normalized spacial score (nSPS) is 10.2. The van der Waals surface area contributed by atoms with Gasteiger partial charge in [0.2, 0.25) is 0 Å². The summed E-state index contributed by atoms with van der Waals surface area (Å²) in [5.74, 6) is -0.108. The Balaban J connectivity index is 1.72. The van der Waals surface area contributed by atoms with Gasteiger partial charge in [0.1, 0.15) is 18.8 Å². The molecule has 0 aliphatic heterocycles. The highest BCUT2D eigenvalue weighted by atomic mass is 16.5. The molecule has 126 valence electrons. The van der Waals surface area contributed by atoms with Crippen LogP contribution in [0.2, 0.25) is 0 Å². The van der Waals surface area contributed by atoms with Crippen molar-refractivity contribution in [2.24, 2.45) is 0 Å². The Labute approximate surface area is 146 Å². The van der Waals surface area contributed by atoms with E-state index < -0.39 is 5.97 Å². The number of carbonyl (C=O) groups is 1. The van der Waals surface area contributed by atoms with Crippen LogP contribution in [-0.2, 0) is 18.0 Å². The molecule has 25 heavy (non-hydrogen) atoms. The van der Waals surface area contributed by atoms with E-state index in [1.165, 1.54) is 0 Å². The second kappa shape index (κ2) is 8.02. The smallest absolute Gasteiger partial charge is 0.342 e. The molecule has 0 unspecified atom stereocenters. The number of ether oxygens (including phenoxy) is 2. The standard InChI is InChI=1S/C21H19NO3/c22-19-13-7-12-18(20(19)24-14-16-8-3-1-4-9-16)21(23)25-15-17-10-5-2-6-11-17/h1-13H,14-15,22H2. The third-order valence-electron chi connectivity index (χ3n) is 3.70. The summed E-state index contributed by atoms with van der Waals surface area (Å²) in [7, 11) is 0. The van der Waals surface area contributed by atoms with Gasteiger partial charge in [-0.2, -0.15) is 0 Å². The molecule has 3 aromatic carbocycles. The summed E-state index contributed by atoms with van der Waals surface area (Å²) in [6.07, 6.45) is 0. The summed E-state index contributed by atoms with van der Waals surface area (Å²) in [5.41, 5.74) is 8.65. The van der Waals surface area contributed by atoms with Gasteiger partial charge in [-0.1, -0.05) is 66.7 Å². The van der Waals surface area contributed by atoms with Gasteiger partial charge in [0.15, 0.2) is 5.75 Å². The topological polar surface area (TPSA) is 61.6 Å². The van der Waals surface area contributed by atoms with Gasteiger partial charge < -0.3 is 15.2 Å². The van der Waals surface area contributed by atoms with E-state index in [1.54, 1.807) is 18.2 Å². The number of hydrogen-bond acceptors (Lipinski definition) is 4. The molecule has 0 aromatic heterocycles. The van der Waals surface area contributed by atoms with Gasteiger partial charge >= 0.3 is 5.97 Å². The predicted octanol–water partition coefficient (Wildman–Crippen LogP) is 4.20. The van der Waals surface area contributed by atoms with Crippen LogP contribution in [-0.4, -0.2) is 5.97 Å². The van der Waals surface area contributed by atoms with Crippen LogP contribution in [0.15, 0.2) is 78.9 Å². The van der Waals surface area contributed by atoms with Crippen molar-refractivity contribution in [2.75, 3.05) is 5.73 Å². The highest BCUT2D eigenvalue weighted by Gasteiger charge is 2.17. The highest BCUT2D eigenvalue weighted by Crippen LogP contribution is 2.28. The maximum atomic E-state index is 12.4. The number of anilines is 1. The third-order valence-corrected chi connectivity index (χ3v) is 3.70. The van der Waals surface area contributed by atoms with E-state index in [9.17, 15) is 4.79 Å². The Hall–Kier alpha value is -3.27. The minimum Gasteiger partial charge on any atom is -0.486 e. The van der Waals surface area contributed by atoms with Crippen LogP contribution < -0.4 is 10.5 Å². The molecule has 4 nitrogen and oxygen atoms in total. The zero-order chi connectivity index (χ0) is 17.5. The Morgan fingerprint density at radius 3 is 2.00 bits per heavy atom. The van der Waals surface area contributed by atoms with Crippen LogP contribution >= 0.6 is 0 Å². The summed E-state index contributed by atoms with van der Waals surface area (Å²) in [6, 6.07) is 24.3. The molecule has 0 saturated carbocycles. The zero-order valence-corrected chi connectivity index (χ0v) is 13.7. The minimum absolute atomic E-state index is 0.201. The lowest BCUT2D eigenvalue weighted by atomic mass is 10.1. The molecular weight excluding hydrogens is 314 g/mol. The average molecular weight is 333 g/mol. The molecule has 0 saturated heterocycles. The van der Waals surface area contributed by atoms with Crippen molar-refractivity contribution in [3.05, 3.63) is 95.6 Å². The van der Waals surface area contributed by atoms with Gasteiger partial charge in [-0.15, -0.1) is 0 Å². The zero-order valence-electron chi connectivity index (χ0n) is 13.7. The number of nitrogens with two attached hydrogens (primary N) is 1. The summed E-state index contributed by atoms with van der Waals surface area (Å²) in [4.78, 5) is 12.4. The quantitative estimate of drug-likeness (QED) is 0.542. The van der Waals surface area contributed by atoms with Crippen molar-refractivity contribution in [1.29, 1.82) is 0 Å². The van der Waals surface area contributed by atoms with Crippen molar-refractivity contribution < 1.29 is 14.3 Å². The SMILES string of the molecule is Nc1cccc(C(=O)OCc2ccccc2)c1OCc1ccccc1. The van der Waals surface area contributed by atoms with Crippen LogP contribution in [0, 0.1) is 0 Å². The number of esters is 1. The third kappa shape index (κ3) is 4.38. The molecule has 0 radical (unpaired) electrons. The molecule has 0 heterocycles. The number of nitrogen functional groups attached to an aromatic ring is 1. The molecule has 0 fully saturated rings. The first kappa shape index (κ1) is 16.6. The number of rotatable bonds is 6. The van der Waals surface area contributed by atoms with Crippen LogP contribution in [0.25, 0.3) is 0 Å². The Kier molecular flexibility index (Phi) is 5.32. The molecule has 0 atom stereocenters. The maximum absolute atomic E-state index is 12.4. The molecule has 0 aliphatic carbocycles. The predicted molar refractivity (Wildman–Crippen MR) is 97.2 cm³/mol. The van der Waals surface area contributed by atoms with Gasteiger partial charge in [-0.25, -0.2) is 4.79 Å². The fourth-order valence-corrected chi connectivity index (χ4v) is 2.41. The first-order chi connectivity index (χ1) is 12.2. The van der Waals surface area contributed by atoms with Gasteiger partial charge in [0, 0.05) is 0 Å². The summed E-state index contributed by atoms with van der Waals surface area (Å²) >= 11 is 0. The first-order valence-corrected chi connectivity index (χ1v) is 8.00. The average Bonchev–Trinajstić information content (AvgIpc) is 2.66. The second-order valence-electron chi connectivity index (χ2n) is 5.56. The fourth-order valence-electron chi connectivity index (χ4n) is 2.41. The van der Waals surface area contributed by atoms with E-state index in [4.69, 9.17) is 15.2 Å². The minimum atomic E-state index is -0.459.